The average Bonchev–Trinajstić information content (AvgIpc) is 3.17. The molecule has 144 valence electrons. The maximum absolute atomic E-state index is 6.94. The number of hydrogen-bond donors (Lipinski definition) is 0. The van der Waals surface area contributed by atoms with Crippen molar-refractivity contribution in [2.75, 3.05) is 0 Å². The second-order valence-electron chi connectivity index (χ2n) is 4.86. The smallest absolute Gasteiger partial charge is 0 e. The Balaban J connectivity index is -0.000000100. The van der Waals surface area contributed by atoms with Crippen LogP contribution in [-0.2, 0) is 49.5 Å². The van der Waals surface area contributed by atoms with E-state index in [1.165, 1.54) is 0 Å². The Bertz CT molecular complexity index is 317. The molecule has 1 N–H and O–H groups in total. The average molecular weight is 439 g/mol. The fraction of sp³-hybridized carbons (Fsp3) is 0.211. The van der Waals surface area contributed by atoms with Crippen molar-refractivity contribution in [1.29, 1.82) is 0 Å². The van der Waals surface area contributed by atoms with Crippen molar-refractivity contribution in [3.8, 4) is 0 Å². The van der Waals surface area contributed by atoms with Gasteiger partial charge in [0.1, 0.15) is 0 Å². The van der Waals surface area contributed by atoms with Crippen LogP contribution >= 0.6 is 0 Å². The molecule has 0 aliphatic rings. The fourth-order valence-electron chi connectivity index (χ4n) is 0.822. The first-order valence-electron chi connectivity index (χ1n) is 6.41. The SMILES string of the molecule is CC(C)(C)[NH-].[Ni].[Ni].[Ni].[c-]1[c-][c-][cH-][c-]1.[cH-]1[cH-][cH-][cH-][cH-]1.c1cc[cH-]c1. The van der Waals surface area contributed by atoms with Crippen molar-refractivity contribution in [1.82, 2.24) is 0 Å². The zero-order valence-electron chi connectivity index (χ0n) is 13.3. The van der Waals surface area contributed by atoms with Crippen LogP contribution in [0.5, 0.6) is 0 Å². The van der Waals surface area contributed by atoms with Crippen molar-refractivity contribution in [2.45, 2.75) is 26.3 Å². The van der Waals surface area contributed by atoms with E-state index in [-0.39, 0.29) is 55.0 Å². The summed E-state index contributed by atoms with van der Waals surface area (Å²) in [5, 5.41) is 0. The summed E-state index contributed by atoms with van der Waals surface area (Å²) in [5.74, 6) is 0. The number of hydrogen-bond acceptors (Lipinski definition) is 0. The second-order valence-corrected chi connectivity index (χ2v) is 4.86. The fourth-order valence-corrected chi connectivity index (χ4v) is 0.822. The van der Waals surface area contributed by atoms with E-state index in [4.69, 9.17) is 5.73 Å². The van der Waals surface area contributed by atoms with Gasteiger partial charge in [-0.3, -0.25) is 0 Å². The van der Waals surface area contributed by atoms with Gasteiger partial charge in [-0.1, -0.05) is 20.8 Å². The standard InChI is InChI=1S/2C5H5.C5H.C4H10N.3Ni/c3*1-2-4-5-3-1;1-4(2,3)5;;;/h2*1-5H;1H;5H,1-3H3;;;/q-5;-1;-5;-1;;;. The molecule has 0 heterocycles. The molecule has 0 amide bonds. The summed E-state index contributed by atoms with van der Waals surface area (Å²) < 4.78 is 0. The molecule has 0 fully saturated rings. The van der Waals surface area contributed by atoms with Crippen LogP contribution in [0.4, 0.5) is 0 Å². The minimum Gasteiger partial charge on any atom is -0.999 e. The van der Waals surface area contributed by atoms with Gasteiger partial charge in [0.15, 0.2) is 0 Å². The summed E-state index contributed by atoms with van der Waals surface area (Å²) in [6, 6.07) is 32.0. The monoisotopic (exact) mass is 437 g/mol. The number of rotatable bonds is 0. The Morgan fingerprint density at radius 1 is 0.739 bits per heavy atom. The van der Waals surface area contributed by atoms with E-state index in [1.807, 2.05) is 81.4 Å². The third kappa shape index (κ3) is 38.9. The summed E-state index contributed by atoms with van der Waals surface area (Å²) in [4.78, 5) is 0. The van der Waals surface area contributed by atoms with Gasteiger partial charge in [0.25, 0.3) is 0 Å². The van der Waals surface area contributed by atoms with Crippen molar-refractivity contribution in [3.63, 3.8) is 0 Å². The molecule has 1 nitrogen and oxygen atoms in total. The molecule has 0 aromatic heterocycles. The molecule has 0 saturated carbocycles. The maximum Gasteiger partial charge on any atom is 0 e. The molecule has 0 aliphatic heterocycles. The molecular weight excluding hydrogens is 418 g/mol. The third-order valence-corrected chi connectivity index (χ3v) is 1.46. The predicted molar refractivity (Wildman–Crippen MR) is 85.5 cm³/mol. The molecule has 0 atom stereocenters. The van der Waals surface area contributed by atoms with Gasteiger partial charge >= 0.3 is 0 Å². The molecule has 0 spiro atoms. The van der Waals surface area contributed by atoms with Gasteiger partial charge in [-0.25, -0.2) is 12.1 Å². The van der Waals surface area contributed by atoms with Crippen LogP contribution in [0.1, 0.15) is 20.8 Å². The Labute approximate surface area is 171 Å². The summed E-state index contributed by atoms with van der Waals surface area (Å²) in [6.45, 7) is 5.56. The van der Waals surface area contributed by atoms with Crippen LogP contribution in [0.2, 0.25) is 0 Å². The quantitative estimate of drug-likeness (QED) is 0.338. The van der Waals surface area contributed by atoms with Gasteiger partial charge in [0.05, 0.1) is 0 Å². The van der Waals surface area contributed by atoms with Crippen LogP contribution < -0.4 is 0 Å². The normalized spacial score (nSPS) is 7.83. The first-order valence-corrected chi connectivity index (χ1v) is 6.41. The third-order valence-electron chi connectivity index (χ3n) is 1.46. The maximum atomic E-state index is 6.94. The van der Waals surface area contributed by atoms with E-state index in [2.05, 4.69) is 24.3 Å². The van der Waals surface area contributed by atoms with E-state index in [0.29, 0.717) is 0 Å². The Morgan fingerprint density at radius 3 is 1.17 bits per heavy atom. The zero-order valence-corrected chi connectivity index (χ0v) is 16.3. The van der Waals surface area contributed by atoms with Gasteiger partial charge in [0, 0.05) is 49.5 Å². The van der Waals surface area contributed by atoms with Crippen LogP contribution in [0.3, 0.4) is 0 Å². The van der Waals surface area contributed by atoms with E-state index < -0.39 is 0 Å². The summed E-state index contributed by atoms with van der Waals surface area (Å²) in [7, 11) is 0. The van der Waals surface area contributed by atoms with E-state index in [0.717, 1.165) is 0 Å². The minimum atomic E-state index is -0.250. The number of nitrogens with one attached hydrogen (secondary N) is 1. The topological polar surface area (TPSA) is 23.8 Å². The molecule has 3 aromatic rings. The van der Waals surface area contributed by atoms with Gasteiger partial charge in [-0.05, 0) is 0 Å². The molecule has 4 heteroatoms. The van der Waals surface area contributed by atoms with Crippen molar-refractivity contribution in [2.24, 2.45) is 0 Å². The van der Waals surface area contributed by atoms with E-state index >= 15 is 0 Å². The second kappa shape index (κ2) is 21.5. The molecule has 0 bridgehead atoms. The van der Waals surface area contributed by atoms with Crippen LogP contribution in [0.15, 0.2) is 66.7 Å². The van der Waals surface area contributed by atoms with Gasteiger partial charge < -0.3 is 66.4 Å². The predicted octanol–water partition coefficient (Wildman–Crippen LogP) is 5.25. The largest absolute Gasteiger partial charge is 0.999 e. The van der Waals surface area contributed by atoms with Crippen molar-refractivity contribution in [3.05, 3.63) is 96.7 Å². The Kier molecular flexibility index (Phi) is 28.4. The molecule has 0 saturated heterocycles. The van der Waals surface area contributed by atoms with Gasteiger partial charge in [0.2, 0.25) is 0 Å². The molecule has 23 heavy (non-hydrogen) atoms. The molecule has 3 aromatic carbocycles. The molecular formula is C19H21NNi3-12. The first kappa shape index (κ1) is 30.4. The Morgan fingerprint density at radius 2 is 1.04 bits per heavy atom. The zero-order chi connectivity index (χ0) is 15.1. The van der Waals surface area contributed by atoms with Gasteiger partial charge in [-0.15, -0.1) is 5.54 Å². The molecule has 0 aliphatic carbocycles. The van der Waals surface area contributed by atoms with Crippen molar-refractivity contribution >= 4 is 0 Å². The van der Waals surface area contributed by atoms with Crippen molar-refractivity contribution < 1.29 is 49.5 Å². The minimum absolute atomic E-state index is 0. The van der Waals surface area contributed by atoms with Crippen LogP contribution in [-0.4, -0.2) is 5.54 Å². The van der Waals surface area contributed by atoms with Gasteiger partial charge in [-0.2, -0.15) is 18.2 Å². The summed E-state index contributed by atoms with van der Waals surface area (Å²) in [5.41, 5.74) is 6.69. The molecule has 0 radical (unpaired) electrons. The summed E-state index contributed by atoms with van der Waals surface area (Å²) >= 11 is 0. The van der Waals surface area contributed by atoms with E-state index in [9.17, 15) is 0 Å². The van der Waals surface area contributed by atoms with E-state index in [1.54, 1.807) is 6.07 Å². The molecule has 3 rings (SSSR count). The van der Waals surface area contributed by atoms with Crippen LogP contribution in [0.25, 0.3) is 5.73 Å². The Hall–Kier alpha value is -0.509. The molecule has 0 unspecified atom stereocenters. The van der Waals surface area contributed by atoms with Crippen LogP contribution in [0, 0.1) is 24.3 Å². The first-order chi connectivity index (χ1) is 9.50. The summed E-state index contributed by atoms with van der Waals surface area (Å²) in [6.07, 6.45) is 0.